The summed E-state index contributed by atoms with van der Waals surface area (Å²) < 4.78 is 5.36. The van der Waals surface area contributed by atoms with Crippen LogP contribution < -0.4 is 4.90 Å². The number of hydrogen-bond donors (Lipinski definition) is 0. The highest BCUT2D eigenvalue weighted by Crippen LogP contribution is 2.32. The molecule has 1 aromatic carbocycles. The minimum Gasteiger partial charge on any atom is -0.378 e. The molecule has 6 heteroatoms. The molecule has 0 amide bonds. The second-order valence-corrected chi connectivity index (χ2v) is 4.81. The minimum absolute atomic E-state index is 0.0562. The number of aryl methyl sites for hydroxylation is 1. The van der Waals surface area contributed by atoms with Gasteiger partial charge in [0.2, 0.25) is 0 Å². The van der Waals surface area contributed by atoms with Crippen LogP contribution in [-0.2, 0) is 4.74 Å². The quantitative estimate of drug-likeness (QED) is 0.620. The first-order valence-corrected chi connectivity index (χ1v) is 6.54. The Kier molecular flexibility index (Phi) is 3.23. The molecule has 2 heterocycles. The maximum Gasteiger partial charge on any atom is 0.295 e. The number of para-hydroxylation sites is 1. The molecule has 1 aliphatic rings. The molecule has 1 aromatic heterocycles. The maximum absolute atomic E-state index is 11.1. The monoisotopic (exact) mass is 273 g/mol. The number of non-ortho nitro benzene ring substituents is 1. The number of aromatic nitrogens is 1. The largest absolute Gasteiger partial charge is 0.378 e. The average Bonchev–Trinajstić information content (AvgIpc) is 2.46. The molecule has 0 saturated carbocycles. The van der Waals surface area contributed by atoms with Crippen molar-refractivity contribution in [3.8, 4) is 0 Å². The van der Waals surface area contributed by atoms with Crippen LogP contribution >= 0.6 is 0 Å². The number of hydrogen-bond acceptors (Lipinski definition) is 5. The SMILES string of the molecule is Cc1cc(N2CCOCC2)c2cccc([N+](=O)[O-])c2n1. The van der Waals surface area contributed by atoms with Gasteiger partial charge in [-0.05, 0) is 13.0 Å². The van der Waals surface area contributed by atoms with E-state index in [-0.39, 0.29) is 10.6 Å². The van der Waals surface area contributed by atoms with Gasteiger partial charge in [0.15, 0.2) is 5.52 Å². The molecule has 2 aromatic rings. The molecule has 3 rings (SSSR count). The number of ether oxygens (including phenoxy) is 1. The lowest BCUT2D eigenvalue weighted by atomic mass is 10.1. The molecular weight excluding hydrogens is 258 g/mol. The Labute approximate surface area is 116 Å². The van der Waals surface area contributed by atoms with Crippen LogP contribution in [0.4, 0.5) is 11.4 Å². The fraction of sp³-hybridized carbons (Fsp3) is 0.357. The first kappa shape index (κ1) is 12.8. The van der Waals surface area contributed by atoms with E-state index in [2.05, 4.69) is 9.88 Å². The van der Waals surface area contributed by atoms with Crippen LogP contribution in [0.1, 0.15) is 5.69 Å². The summed E-state index contributed by atoms with van der Waals surface area (Å²) in [6.07, 6.45) is 0. The van der Waals surface area contributed by atoms with Gasteiger partial charge in [-0.25, -0.2) is 4.98 Å². The second kappa shape index (κ2) is 5.05. The van der Waals surface area contributed by atoms with Gasteiger partial charge in [-0.1, -0.05) is 12.1 Å². The molecular formula is C14H15N3O3. The lowest BCUT2D eigenvalue weighted by Crippen LogP contribution is -2.36. The molecule has 104 valence electrons. The third kappa shape index (κ3) is 2.18. The van der Waals surface area contributed by atoms with Crippen molar-refractivity contribution in [1.82, 2.24) is 4.98 Å². The van der Waals surface area contributed by atoms with Crippen molar-refractivity contribution in [3.63, 3.8) is 0 Å². The van der Waals surface area contributed by atoms with Gasteiger partial charge >= 0.3 is 0 Å². The van der Waals surface area contributed by atoms with E-state index < -0.39 is 0 Å². The van der Waals surface area contributed by atoms with E-state index >= 15 is 0 Å². The Morgan fingerprint density at radius 1 is 1.35 bits per heavy atom. The summed E-state index contributed by atoms with van der Waals surface area (Å²) in [4.78, 5) is 17.3. The highest BCUT2D eigenvalue weighted by atomic mass is 16.6. The third-order valence-electron chi connectivity index (χ3n) is 3.47. The Morgan fingerprint density at radius 3 is 2.80 bits per heavy atom. The number of benzene rings is 1. The van der Waals surface area contributed by atoms with Gasteiger partial charge in [0.1, 0.15) is 0 Å². The number of nitrogens with zero attached hydrogens (tertiary/aromatic N) is 3. The number of rotatable bonds is 2. The van der Waals surface area contributed by atoms with E-state index in [9.17, 15) is 10.1 Å². The molecule has 1 fully saturated rings. The summed E-state index contributed by atoms with van der Waals surface area (Å²) in [7, 11) is 0. The predicted molar refractivity (Wildman–Crippen MR) is 76.2 cm³/mol. The number of fused-ring (bicyclic) bond motifs is 1. The van der Waals surface area contributed by atoms with Crippen LogP contribution in [0, 0.1) is 17.0 Å². The van der Waals surface area contributed by atoms with Gasteiger partial charge < -0.3 is 9.64 Å². The summed E-state index contributed by atoms with van der Waals surface area (Å²) in [6, 6.07) is 7.08. The van der Waals surface area contributed by atoms with Crippen LogP contribution in [-0.4, -0.2) is 36.2 Å². The Morgan fingerprint density at radius 2 is 2.10 bits per heavy atom. The Balaban J connectivity index is 2.21. The Hall–Kier alpha value is -2.21. The van der Waals surface area contributed by atoms with Crippen molar-refractivity contribution < 1.29 is 9.66 Å². The van der Waals surface area contributed by atoms with Crippen LogP contribution in [0.15, 0.2) is 24.3 Å². The van der Waals surface area contributed by atoms with Crippen LogP contribution in [0.3, 0.4) is 0 Å². The minimum atomic E-state index is -0.377. The van der Waals surface area contributed by atoms with Crippen molar-refractivity contribution in [2.45, 2.75) is 6.92 Å². The smallest absolute Gasteiger partial charge is 0.295 e. The van der Waals surface area contributed by atoms with E-state index in [1.165, 1.54) is 6.07 Å². The first-order valence-electron chi connectivity index (χ1n) is 6.54. The van der Waals surface area contributed by atoms with Crippen LogP contribution in [0.2, 0.25) is 0 Å². The molecule has 0 bridgehead atoms. The second-order valence-electron chi connectivity index (χ2n) is 4.81. The summed E-state index contributed by atoms with van der Waals surface area (Å²) >= 11 is 0. The fourth-order valence-corrected chi connectivity index (χ4v) is 2.55. The lowest BCUT2D eigenvalue weighted by molar-refractivity contribution is -0.383. The van der Waals surface area contributed by atoms with E-state index in [0.717, 1.165) is 29.9 Å². The molecule has 0 unspecified atom stereocenters. The molecule has 6 nitrogen and oxygen atoms in total. The van der Waals surface area contributed by atoms with Gasteiger partial charge in [-0.2, -0.15) is 0 Å². The Bertz CT molecular complexity index is 666. The normalized spacial score (nSPS) is 15.6. The average molecular weight is 273 g/mol. The van der Waals surface area contributed by atoms with Gasteiger partial charge in [-0.15, -0.1) is 0 Å². The first-order chi connectivity index (χ1) is 9.66. The highest BCUT2D eigenvalue weighted by molar-refractivity contribution is 5.97. The topological polar surface area (TPSA) is 68.5 Å². The van der Waals surface area contributed by atoms with Crippen molar-refractivity contribution in [3.05, 3.63) is 40.1 Å². The molecule has 20 heavy (non-hydrogen) atoms. The zero-order chi connectivity index (χ0) is 14.1. The molecule has 0 aliphatic carbocycles. The maximum atomic E-state index is 11.1. The number of nitro groups is 1. The molecule has 1 saturated heterocycles. The standard InChI is InChI=1S/C14H15N3O3/c1-10-9-13(16-5-7-20-8-6-16)11-3-2-4-12(17(18)19)14(11)15-10/h2-4,9H,5-8H2,1H3. The summed E-state index contributed by atoms with van der Waals surface area (Å²) in [5, 5.41) is 12.0. The predicted octanol–water partition coefficient (Wildman–Crippen LogP) is 2.29. The number of morpholine rings is 1. The van der Waals surface area contributed by atoms with Gasteiger partial charge in [0, 0.05) is 35.9 Å². The van der Waals surface area contributed by atoms with Crippen molar-refractivity contribution in [2.24, 2.45) is 0 Å². The van der Waals surface area contributed by atoms with Crippen molar-refractivity contribution >= 4 is 22.3 Å². The van der Waals surface area contributed by atoms with Crippen LogP contribution in [0.25, 0.3) is 10.9 Å². The number of nitro benzene ring substituents is 1. The summed E-state index contributed by atoms with van der Waals surface area (Å²) in [5.74, 6) is 0. The zero-order valence-corrected chi connectivity index (χ0v) is 11.2. The van der Waals surface area contributed by atoms with E-state index in [1.807, 2.05) is 19.1 Å². The van der Waals surface area contributed by atoms with Gasteiger partial charge in [-0.3, -0.25) is 10.1 Å². The third-order valence-corrected chi connectivity index (χ3v) is 3.47. The molecule has 1 aliphatic heterocycles. The van der Waals surface area contributed by atoms with E-state index in [0.29, 0.717) is 18.7 Å². The molecule has 0 spiro atoms. The number of anilines is 1. The fourth-order valence-electron chi connectivity index (χ4n) is 2.55. The highest BCUT2D eigenvalue weighted by Gasteiger charge is 2.19. The lowest BCUT2D eigenvalue weighted by Gasteiger charge is -2.30. The van der Waals surface area contributed by atoms with E-state index in [1.54, 1.807) is 6.07 Å². The summed E-state index contributed by atoms with van der Waals surface area (Å²) in [5.41, 5.74) is 2.30. The summed E-state index contributed by atoms with van der Waals surface area (Å²) in [6.45, 7) is 4.80. The molecule has 0 radical (unpaired) electrons. The van der Waals surface area contributed by atoms with E-state index in [4.69, 9.17) is 4.74 Å². The number of pyridine rings is 1. The zero-order valence-electron chi connectivity index (χ0n) is 11.2. The molecule has 0 N–H and O–H groups in total. The van der Waals surface area contributed by atoms with Gasteiger partial charge in [0.05, 0.1) is 18.1 Å². The van der Waals surface area contributed by atoms with Crippen LogP contribution in [0.5, 0.6) is 0 Å². The van der Waals surface area contributed by atoms with Gasteiger partial charge in [0.25, 0.3) is 5.69 Å². The molecule has 0 atom stereocenters. The van der Waals surface area contributed by atoms with Crippen molar-refractivity contribution in [2.75, 3.05) is 31.2 Å². The van der Waals surface area contributed by atoms with Crippen molar-refractivity contribution in [1.29, 1.82) is 0 Å².